The molecule has 0 saturated carbocycles. The molecule has 0 saturated heterocycles. The molecule has 2 aromatic carbocycles. The first-order valence-electron chi connectivity index (χ1n) is 15.5. The number of aromatic nitrogens is 4. The molecule has 6 rings (SSSR count). The first-order chi connectivity index (χ1) is 22.2. The number of nitrogens with one attached hydrogen (secondary N) is 2. The maximum Gasteiger partial charge on any atom is 0.291 e. The Kier molecular flexibility index (Phi) is 9.25. The number of benzene rings is 2. The van der Waals surface area contributed by atoms with Crippen LogP contribution in [-0.2, 0) is 40.0 Å². The van der Waals surface area contributed by atoms with Crippen LogP contribution >= 0.6 is 11.6 Å². The number of carbonyl (C=O) groups is 2. The van der Waals surface area contributed by atoms with Gasteiger partial charge in [-0.2, -0.15) is 0 Å². The number of hydrogen-bond acceptors (Lipinski definition) is 8. The summed E-state index contributed by atoms with van der Waals surface area (Å²) in [6.07, 6.45) is 1.51. The molecule has 0 fully saturated rings. The van der Waals surface area contributed by atoms with Gasteiger partial charge < -0.3 is 30.0 Å². The van der Waals surface area contributed by atoms with Crippen molar-refractivity contribution in [2.24, 2.45) is 14.1 Å². The van der Waals surface area contributed by atoms with Crippen LogP contribution in [-0.4, -0.2) is 90.3 Å². The molecule has 4 aromatic rings. The maximum atomic E-state index is 13.4. The summed E-state index contributed by atoms with van der Waals surface area (Å²) in [6.45, 7) is 6.03. The summed E-state index contributed by atoms with van der Waals surface area (Å²) >= 11 is 6.92. The number of carbonyl (C=O) groups excluding carboxylic acids is 2. The second-order valence-electron chi connectivity index (χ2n) is 11.8. The van der Waals surface area contributed by atoms with Crippen LogP contribution < -0.4 is 10.6 Å². The maximum absolute atomic E-state index is 13.4. The lowest BCUT2D eigenvalue weighted by Gasteiger charge is -2.25. The molecular weight excluding hydrogens is 608 g/mol. The number of rotatable bonds is 9. The van der Waals surface area contributed by atoms with Crippen molar-refractivity contribution in [3.8, 4) is 11.1 Å². The summed E-state index contributed by atoms with van der Waals surface area (Å²) in [5.41, 5.74) is 7.18. The molecule has 0 atom stereocenters. The van der Waals surface area contributed by atoms with Gasteiger partial charge in [0.05, 0.1) is 35.3 Å². The highest BCUT2D eigenvalue weighted by molar-refractivity contribution is 6.36. The van der Waals surface area contributed by atoms with Crippen LogP contribution in [0.2, 0.25) is 5.02 Å². The number of hydrogen-bond donors (Lipinski definition) is 4. The van der Waals surface area contributed by atoms with Crippen LogP contribution in [0.25, 0.3) is 11.1 Å². The van der Waals surface area contributed by atoms with Gasteiger partial charge in [0.25, 0.3) is 11.8 Å². The molecule has 4 heterocycles. The van der Waals surface area contributed by atoms with Crippen LogP contribution in [0.3, 0.4) is 0 Å². The third kappa shape index (κ3) is 6.06. The standard InChI is InChI=1S/C33H39ClN8O4/c1-20-21(6-4-8-23(20)37-32(45)30-35-25-18-41(14-16-43)12-10-27(25)39(30)2)22-7-5-9-24(29(22)34)38-33(46)31-36-26-19-42(15-17-44)13-11-28(26)40(31)3/h4-9,43-44H,10-19H2,1-3H3,(H,37,45)(H,38,46). The van der Waals surface area contributed by atoms with Gasteiger partial charge in [-0.05, 0) is 30.2 Å². The summed E-state index contributed by atoms with van der Waals surface area (Å²) in [5.74, 6) is -0.0365. The van der Waals surface area contributed by atoms with E-state index in [9.17, 15) is 19.8 Å². The van der Waals surface area contributed by atoms with Crippen LogP contribution in [0.15, 0.2) is 36.4 Å². The second-order valence-corrected chi connectivity index (χ2v) is 12.2. The topological polar surface area (TPSA) is 141 Å². The molecular formula is C33H39ClN8O4. The van der Waals surface area contributed by atoms with Crippen molar-refractivity contribution < 1.29 is 19.8 Å². The van der Waals surface area contributed by atoms with E-state index in [2.05, 4.69) is 30.4 Å². The average molecular weight is 647 g/mol. The third-order valence-corrected chi connectivity index (χ3v) is 9.43. The molecule has 0 unspecified atom stereocenters. The molecule has 0 aliphatic carbocycles. The average Bonchev–Trinajstić information content (AvgIpc) is 3.55. The zero-order chi connectivity index (χ0) is 32.5. The molecule has 0 radical (unpaired) electrons. The number of fused-ring (bicyclic) bond motifs is 2. The van der Waals surface area contributed by atoms with E-state index in [1.807, 2.05) is 60.5 Å². The minimum Gasteiger partial charge on any atom is -0.395 e. The van der Waals surface area contributed by atoms with Crippen LogP contribution in [0.4, 0.5) is 11.4 Å². The Bertz CT molecular complexity index is 1670. The minimum absolute atomic E-state index is 0.0800. The first kappa shape index (κ1) is 31.9. The lowest BCUT2D eigenvalue weighted by Crippen LogP contribution is -2.33. The van der Waals surface area contributed by atoms with Crippen molar-refractivity contribution in [3.05, 3.63) is 81.4 Å². The Balaban J connectivity index is 1.21. The zero-order valence-electron chi connectivity index (χ0n) is 26.3. The SMILES string of the molecule is Cc1c(NC(=O)c2nc3c(n2C)CCN(CCO)C3)cccc1-c1cccc(NC(=O)c2nc3c(n2C)CCN(CCO)C3)c1Cl. The van der Waals surface area contributed by atoms with Crippen molar-refractivity contribution in [1.29, 1.82) is 0 Å². The highest BCUT2D eigenvalue weighted by atomic mass is 35.5. The van der Waals surface area contributed by atoms with Crippen molar-refractivity contribution in [2.75, 3.05) is 50.0 Å². The Hall–Kier alpha value is -4.07. The zero-order valence-corrected chi connectivity index (χ0v) is 27.1. The van der Waals surface area contributed by atoms with Crippen molar-refractivity contribution in [2.45, 2.75) is 32.9 Å². The van der Waals surface area contributed by atoms with Gasteiger partial charge in [0.2, 0.25) is 0 Å². The molecule has 2 aromatic heterocycles. The van der Waals surface area contributed by atoms with Gasteiger partial charge >= 0.3 is 0 Å². The fraction of sp³-hybridized carbons (Fsp3) is 0.394. The summed E-state index contributed by atoms with van der Waals surface area (Å²) in [5, 5.41) is 25.0. The molecule has 242 valence electrons. The number of anilines is 2. The van der Waals surface area contributed by atoms with Gasteiger partial charge in [0.1, 0.15) is 0 Å². The van der Waals surface area contributed by atoms with E-state index < -0.39 is 0 Å². The number of aliphatic hydroxyl groups is 2. The Labute approximate surface area is 272 Å². The Morgan fingerprint density at radius 3 is 1.78 bits per heavy atom. The van der Waals surface area contributed by atoms with E-state index in [4.69, 9.17) is 11.6 Å². The largest absolute Gasteiger partial charge is 0.395 e. The lowest BCUT2D eigenvalue weighted by molar-refractivity contribution is 0.100. The fourth-order valence-electron chi connectivity index (χ4n) is 6.49. The first-order valence-corrected chi connectivity index (χ1v) is 15.8. The molecule has 0 bridgehead atoms. The predicted molar refractivity (Wildman–Crippen MR) is 176 cm³/mol. The van der Waals surface area contributed by atoms with E-state index in [0.717, 1.165) is 59.8 Å². The van der Waals surface area contributed by atoms with E-state index in [1.54, 1.807) is 6.07 Å². The Morgan fingerprint density at radius 1 is 0.783 bits per heavy atom. The molecule has 13 heteroatoms. The highest BCUT2D eigenvalue weighted by Crippen LogP contribution is 2.38. The van der Waals surface area contributed by atoms with E-state index in [-0.39, 0.29) is 25.0 Å². The minimum atomic E-state index is -0.361. The van der Waals surface area contributed by atoms with Crippen molar-refractivity contribution in [1.82, 2.24) is 28.9 Å². The monoisotopic (exact) mass is 646 g/mol. The number of nitrogens with zero attached hydrogens (tertiary/aromatic N) is 6. The van der Waals surface area contributed by atoms with E-state index in [0.29, 0.717) is 59.8 Å². The molecule has 46 heavy (non-hydrogen) atoms. The summed E-state index contributed by atoms with van der Waals surface area (Å²) in [4.78, 5) is 40.4. The number of β-amino-alcohol motifs (C(OH)–C–C–N with tert-alkyl or cyclic N) is 2. The Morgan fingerprint density at radius 2 is 1.26 bits per heavy atom. The fourth-order valence-corrected chi connectivity index (χ4v) is 6.77. The molecule has 12 nitrogen and oxygen atoms in total. The van der Waals surface area contributed by atoms with Crippen LogP contribution in [0.5, 0.6) is 0 Å². The summed E-state index contributed by atoms with van der Waals surface area (Å²) in [6, 6.07) is 11.1. The van der Waals surface area contributed by atoms with Crippen LogP contribution in [0, 0.1) is 6.92 Å². The number of aliphatic hydroxyl groups excluding tert-OH is 2. The molecule has 2 amide bonds. The quantitative estimate of drug-likeness (QED) is 0.218. The summed E-state index contributed by atoms with van der Waals surface area (Å²) in [7, 11) is 3.70. The second kappa shape index (κ2) is 13.3. The highest BCUT2D eigenvalue weighted by Gasteiger charge is 2.27. The van der Waals surface area contributed by atoms with Gasteiger partial charge in [-0.25, -0.2) is 9.97 Å². The van der Waals surface area contributed by atoms with E-state index >= 15 is 0 Å². The molecule has 2 aliphatic rings. The third-order valence-electron chi connectivity index (χ3n) is 9.03. The molecule has 0 spiro atoms. The predicted octanol–water partition coefficient (Wildman–Crippen LogP) is 2.99. The number of halogens is 1. The molecule has 4 N–H and O–H groups in total. The van der Waals surface area contributed by atoms with Crippen molar-refractivity contribution in [3.63, 3.8) is 0 Å². The van der Waals surface area contributed by atoms with Crippen LogP contribution in [0.1, 0.15) is 49.6 Å². The van der Waals surface area contributed by atoms with E-state index in [1.165, 1.54) is 0 Å². The van der Waals surface area contributed by atoms with Gasteiger partial charge in [-0.15, -0.1) is 0 Å². The van der Waals surface area contributed by atoms with Gasteiger partial charge in [-0.1, -0.05) is 35.9 Å². The normalized spacial score (nSPS) is 15.0. The lowest BCUT2D eigenvalue weighted by atomic mass is 9.98. The summed E-state index contributed by atoms with van der Waals surface area (Å²) < 4.78 is 3.68. The van der Waals surface area contributed by atoms with Gasteiger partial charge in [0.15, 0.2) is 11.6 Å². The number of imidazole rings is 2. The van der Waals surface area contributed by atoms with Crippen molar-refractivity contribution >= 4 is 34.8 Å². The molecule has 2 aliphatic heterocycles. The number of amides is 2. The smallest absolute Gasteiger partial charge is 0.291 e. The van der Waals surface area contributed by atoms with Gasteiger partial charge in [0, 0.05) is 88.8 Å². The van der Waals surface area contributed by atoms with Gasteiger partial charge in [-0.3, -0.25) is 19.4 Å².